The van der Waals surface area contributed by atoms with Gasteiger partial charge in [0.1, 0.15) is 22.9 Å². The molecule has 4 rings (SSSR count). The largest absolute Gasteiger partial charge is 0.485 e. The van der Waals surface area contributed by atoms with E-state index in [1.165, 1.54) is 9.80 Å². The number of rotatable bonds is 7. The Balaban J connectivity index is 1.42. The molecule has 13 heteroatoms. The first-order chi connectivity index (χ1) is 19.3. The number of ether oxygens (including phenoxy) is 2. The zero-order chi connectivity index (χ0) is 30.1. The first-order valence-electron chi connectivity index (χ1n) is 13.0. The number of anilines is 1. The quantitative estimate of drug-likeness (QED) is 0.343. The number of aryl methyl sites for hydroxylation is 1. The number of nitrogens with zero attached hydrogens (tertiary/aromatic N) is 4. The summed E-state index contributed by atoms with van der Waals surface area (Å²) in [5.74, 6) is -0.279. The summed E-state index contributed by atoms with van der Waals surface area (Å²) in [6.45, 7) is 7.36. The summed E-state index contributed by atoms with van der Waals surface area (Å²) in [6.07, 6.45) is 2.48. The summed E-state index contributed by atoms with van der Waals surface area (Å²) in [4.78, 5) is 45.8. The number of aromatic nitrogens is 2. The Kier molecular flexibility index (Phi) is 9.40. The third kappa shape index (κ3) is 6.90. The fourth-order valence-electron chi connectivity index (χ4n) is 4.48. The van der Waals surface area contributed by atoms with E-state index in [1.54, 1.807) is 46.0 Å². The molecule has 2 aromatic heterocycles. The predicted octanol–water partition coefficient (Wildman–Crippen LogP) is 5.77. The van der Waals surface area contributed by atoms with Gasteiger partial charge in [-0.15, -0.1) is 0 Å². The summed E-state index contributed by atoms with van der Waals surface area (Å²) < 4.78 is 14.2. The van der Waals surface area contributed by atoms with Crippen LogP contribution in [0.2, 0.25) is 10.0 Å². The molecular weight excluding hydrogens is 637 g/mol. The highest BCUT2D eigenvalue weighted by molar-refractivity contribution is 9.10. The maximum atomic E-state index is 13.0. The van der Waals surface area contributed by atoms with Gasteiger partial charge in [-0.3, -0.25) is 18.9 Å². The minimum Gasteiger partial charge on any atom is -0.485 e. The summed E-state index contributed by atoms with van der Waals surface area (Å²) >= 11 is 16.7. The van der Waals surface area contributed by atoms with Crippen LogP contribution in [0.15, 0.2) is 35.1 Å². The van der Waals surface area contributed by atoms with Crippen LogP contribution in [0.3, 0.4) is 0 Å². The topological polar surface area (TPSA) is 105 Å². The molecule has 1 saturated heterocycles. The number of pyridine rings is 1. The van der Waals surface area contributed by atoms with Gasteiger partial charge >= 0.3 is 6.09 Å². The Morgan fingerprint density at radius 3 is 2.66 bits per heavy atom. The molecule has 1 aromatic carbocycles. The van der Waals surface area contributed by atoms with Gasteiger partial charge in [0.05, 0.1) is 22.9 Å². The molecule has 220 valence electrons. The van der Waals surface area contributed by atoms with E-state index in [9.17, 15) is 14.4 Å². The van der Waals surface area contributed by atoms with Gasteiger partial charge in [-0.25, -0.2) is 9.78 Å². The van der Waals surface area contributed by atoms with Crippen molar-refractivity contribution in [2.45, 2.75) is 58.8 Å². The lowest BCUT2D eigenvalue weighted by molar-refractivity contribution is -0.128. The van der Waals surface area contributed by atoms with Crippen LogP contribution in [0.5, 0.6) is 5.75 Å². The summed E-state index contributed by atoms with van der Waals surface area (Å²) in [5.41, 5.74) is 1.68. The van der Waals surface area contributed by atoms with Crippen LogP contribution in [0.25, 0.3) is 5.65 Å². The highest BCUT2D eigenvalue weighted by Crippen LogP contribution is 2.35. The monoisotopic (exact) mass is 667 g/mol. The zero-order valence-corrected chi connectivity index (χ0v) is 26.6. The SMILES string of the molecule is Cc1nc2c(OCc3c(Cl)ccc(N(C)C(=O)CNC(=O)[C@H]4CCCN4C(=O)OC(C)(C)C)c3Cl)cccn2c1Br. The van der Waals surface area contributed by atoms with Gasteiger partial charge in [0.2, 0.25) is 11.8 Å². The first kappa shape index (κ1) is 30.9. The van der Waals surface area contributed by atoms with Crippen LogP contribution in [-0.4, -0.2) is 64.0 Å². The third-order valence-electron chi connectivity index (χ3n) is 6.59. The maximum Gasteiger partial charge on any atom is 0.410 e. The Morgan fingerprint density at radius 1 is 1.22 bits per heavy atom. The number of amides is 3. The van der Waals surface area contributed by atoms with Gasteiger partial charge in [-0.1, -0.05) is 23.2 Å². The molecule has 0 spiro atoms. The number of imidazole rings is 1. The van der Waals surface area contributed by atoms with Gasteiger partial charge in [-0.2, -0.15) is 0 Å². The number of nitrogens with one attached hydrogen (secondary N) is 1. The second-order valence-corrected chi connectivity index (χ2v) is 12.2. The van der Waals surface area contributed by atoms with E-state index in [0.717, 1.165) is 10.3 Å². The highest BCUT2D eigenvalue weighted by Gasteiger charge is 2.36. The van der Waals surface area contributed by atoms with E-state index < -0.39 is 29.6 Å². The number of carbonyl (C=O) groups is 3. The van der Waals surface area contributed by atoms with Crippen LogP contribution >= 0.6 is 39.1 Å². The lowest BCUT2D eigenvalue weighted by atomic mass is 10.2. The number of hydrogen-bond acceptors (Lipinski definition) is 6. The van der Waals surface area contributed by atoms with E-state index in [1.807, 2.05) is 23.6 Å². The van der Waals surface area contributed by atoms with E-state index in [-0.39, 0.29) is 18.2 Å². The molecule has 1 aliphatic heterocycles. The molecule has 1 aliphatic rings. The Labute approximate surface area is 257 Å². The molecule has 3 amide bonds. The lowest BCUT2D eigenvalue weighted by Crippen LogP contribution is -2.49. The summed E-state index contributed by atoms with van der Waals surface area (Å²) in [6, 6.07) is 6.21. The highest BCUT2D eigenvalue weighted by atomic mass is 79.9. The molecule has 3 heterocycles. The smallest absolute Gasteiger partial charge is 0.410 e. The predicted molar refractivity (Wildman–Crippen MR) is 161 cm³/mol. The van der Waals surface area contributed by atoms with Crippen LogP contribution in [0, 0.1) is 6.92 Å². The van der Waals surface area contributed by atoms with E-state index in [2.05, 4.69) is 26.2 Å². The molecule has 0 radical (unpaired) electrons. The van der Waals surface area contributed by atoms with E-state index >= 15 is 0 Å². The Bertz CT molecular complexity index is 1490. The van der Waals surface area contributed by atoms with Crippen LogP contribution in [-0.2, 0) is 20.9 Å². The van der Waals surface area contributed by atoms with Crippen molar-refractivity contribution in [1.29, 1.82) is 0 Å². The second kappa shape index (κ2) is 12.5. The summed E-state index contributed by atoms with van der Waals surface area (Å²) in [5, 5.41) is 3.28. The van der Waals surface area contributed by atoms with E-state index in [4.69, 9.17) is 32.7 Å². The maximum absolute atomic E-state index is 13.0. The van der Waals surface area contributed by atoms with Gasteiger partial charge in [-0.05, 0) is 80.7 Å². The molecule has 0 unspecified atom stereocenters. The number of hydrogen-bond donors (Lipinski definition) is 1. The molecule has 41 heavy (non-hydrogen) atoms. The minimum atomic E-state index is -0.699. The third-order valence-corrected chi connectivity index (χ3v) is 8.32. The van der Waals surface area contributed by atoms with Crippen LogP contribution in [0.1, 0.15) is 44.9 Å². The summed E-state index contributed by atoms with van der Waals surface area (Å²) in [7, 11) is 1.56. The fourth-order valence-corrected chi connectivity index (χ4v) is 5.46. The average Bonchev–Trinajstić information content (AvgIpc) is 3.51. The fraction of sp³-hybridized carbons (Fsp3) is 0.429. The van der Waals surface area contributed by atoms with Gasteiger partial charge in [0, 0.05) is 30.4 Å². The molecule has 10 nitrogen and oxygen atoms in total. The molecule has 1 N–H and O–H groups in total. The molecule has 0 bridgehead atoms. The molecule has 0 saturated carbocycles. The number of likely N-dealkylation sites (N-methyl/N-ethyl adjacent to an activating group) is 1. The minimum absolute atomic E-state index is 0.0374. The van der Waals surface area contributed by atoms with Crippen molar-refractivity contribution >= 4 is 68.4 Å². The Morgan fingerprint density at radius 2 is 1.95 bits per heavy atom. The molecule has 0 aliphatic carbocycles. The van der Waals surface area contributed by atoms with Crippen molar-refractivity contribution in [3.05, 3.63) is 56.4 Å². The Hall–Kier alpha value is -3.02. The van der Waals surface area contributed by atoms with Gasteiger partial charge in [0.15, 0.2) is 11.4 Å². The zero-order valence-electron chi connectivity index (χ0n) is 23.5. The molecular formula is C28H32BrCl2N5O5. The van der Waals surface area contributed by atoms with Crippen molar-refractivity contribution < 1.29 is 23.9 Å². The van der Waals surface area contributed by atoms with Crippen LogP contribution in [0.4, 0.5) is 10.5 Å². The average molecular weight is 669 g/mol. The normalized spacial score (nSPS) is 15.2. The second-order valence-electron chi connectivity index (χ2n) is 10.7. The van der Waals surface area contributed by atoms with Crippen molar-refractivity contribution in [3.8, 4) is 5.75 Å². The van der Waals surface area contributed by atoms with Crippen molar-refractivity contribution in [3.63, 3.8) is 0 Å². The van der Waals surface area contributed by atoms with E-state index in [0.29, 0.717) is 47.1 Å². The standard InChI is InChI=1S/C28H32BrCl2N5O5/c1-16-24(29)36-13-7-9-21(25(36)33-16)40-15-17-18(30)10-11-19(23(17)31)34(5)22(37)14-32-26(38)20-8-6-12-35(20)27(39)41-28(2,3)4/h7,9-11,13,20H,6,8,12,14-15H2,1-5H3,(H,32,38)/t20-/m1/s1. The first-order valence-corrected chi connectivity index (χ1v) is 14.6. The lowest BCUT2D eigenvalue weighted by Gasteiger charge is -2.28. The van der Waals surface area contributed by atoms with Crippen molar-refractivity contribution in [1.82, 2.24) is 19.6 Å². The number of likely N-dealkylation sites (tertiary alicyclic amines) is 1. The molecule has 1 fully saturated rings. The number of halogens is 3. The number of fused-ring (bicyclic) bond motifs is 1. The van der Waals surface area contributed by atoms with Crippen LogP contribution < -0.4 is 15.0 Å². The number of benzene rings is 1. The van der Waals surface area contributed by atoms with Crippen molar-refractivity contribution in [2.24, 2.45) is 0 Å². The van der Waals surface area contributed by atoms with Gasteiger partial charge in [0.25, 0.3) is 0 Å². The molecule has 1 atom stereocenters. The van der Waals surface area contributed by atoms with Crippen molar-refractivity contribution in [2.75, 3.05) is 25.0 Å². The molecule has 3 aromatic rings. The number of carbonyl (C=O) groups excluding carboxylic acids is 3. The van der Waals surface area contributed by atoms with Gasteiger partial charge < -0.3 is 19.7 Å².